The molecule has 0 aromatic heterocycles. The molecule has 2 aliphatic rings. The molecule has 2 aliphatic heterocycles. The first-order chi connectivity index (χ1) is 11.5. The topological polar surface area (TPSA) is 59.0 Å². The van der Waals surface area contributed by atoms with E-state index >= 15 is 0 Å². The molecule has 0 unspecified atom stereocenters. The molecule has 1 aromatic carbocycles. The molecule has 0 spiro atoms. The molecule has 0 aliphatic carbocycles. The number of rotatable bonds is 3. The first-order valence-corrected chi connectivity index (χ1v) is 8.86. The zero-order valence-electron chi connectivity index (χ0n) is 13.6. The molecule has 0 saturated carbocycles. The number of nitrogens with zero attached hydrogens (tertiary/aromatic N) is 2. The van der Waals surface area contributed by atoms with Gasteiger partial charge in [-0.25, -0.2) is 9.79 Å². The molecule has 1 fully saturated rings. The number of fused-ring (bicyclic) bond motifs is 1. The third-order valence-electron chi connectivity index (χ3n) is 4.11. The Morgan fingerprint density at radius 2 is 2.04 bits per heavy atom. The Morgan fingerprint density at radius 3 is 2.62 bits per heavy atom. The number of carbonyl (C=O) groups excluding carboxylic acids is 2. The van der Waals surface area contributed by atoms with Crippen molar-refractivity contribution in [3.8, 4) is 0 Å². The number of methoxy groups -OCH3 is 1. The van der Waals surface area contributed by atoms with E-state index in [1.807, 2.05) is 19.1 Å². The van der Waals surface area contributed by atoms with Crippen molar-refractivity contribution >= 4 is 40.4 Å². The number of hydrogen-bond donors (Lipinski definition) is 0. The summed E-state index contributed by atoms with van der Waals surface area (Å²) in [5.74, 6) is -0.511. The zero-order chi connectivity index (χ0) is 17.4. The van der Waals surface area contributed by atoms with E-state index in [0.717, 1.165) is 5.56 Å². The summed E-state index contributed by atoms with van der Waals surface area (Å²) in [6, 6.07) is 6.60. The second-order valence-electron chi connectivity index (χ2n) is 5.56. The fraction of sp³-hybridized carbons (Fsp3) is 0.353. The van der Waals surface area contributed by atoms with Crippen LogP contribution < -0.4 is 0 Å². The molecule has 0 N–H and O–H groups in total. The molecule has 0 radical (unpaired) electrons. The Bertz CT molecular complexity index is 758. The number of allylic oxidation sites excluding steroid dienone is 1. The van der Waals surface area contributed by atoms with Crippen molar-refractivity contribution in [2.24, 2.45) is 4.99 Å². The maximum atomic E-state index is 12.8. The average Bonchev–Trinajstić information content (AvgIpc) is 2.89. The van der Waals surface area contributed by atoms with Gasteiger partial charge in [0.2, 0.25) is 5.91 Å². The minimum Gasteiger partial charge on any atom is -0.466 e. The highest BCUT2D eigenvalue weighted by Gasteiger charge is 2.47. The lowest BCUT2D eigenvalue weighted by atomic mass is 9.94. The standard InChI is InChI=1S/C17H17ClN2O3S/c1-4-12-15(21)20-14(10-5-7-11(18)8-6-10)13(16(22)23-3)9(2)19-17(20)24-12/h5-8,12,14H,4H2,1-3H3/t12-,14+/m0/s1. The van der Waals surface area contributed by atoms with Gasteiger partial charge in [-0.1, -0.05) is 42.4 Å². The highest BCUT2D eigenvalue weighted by atomic mass is 35.5. The number of halogens is 1. The number of hydrogen-bond acceptors (Lipinski definition) is 5. The number of benzene rings is 1. The van der Waals surface area contributed by atoms with Crippen LogP contribution in [0.1, 0.15) is 31.9 Å². The molecular formula is C17H17ClN2O3S. The normalized spacial score (nSPS) is 23.2. The van der Waals surface area contributed by atoms with Crippen molar-refractivity contribution in [1.29, 1.82) is 0 Å². The summed E-state index contributed by atoms with van der Waals surface area (Å²) in [5.41, 5.74) is 1.76. The maximum absolute atomic E-state index is 12.8. The van der Waals surface area contributed by atoms with E-state index in [1.54, 1.807) is 24.0 Å². The van der Waals surface area contributed by atoms with Gasteiger partial charge < -0.3 is 4.74 Å². The fourth-order valence-corrected chi connectivity index (χ4v) is 4.18. The second kappa shape index (κ2) is 6.61. The van der Waals surface area contributed by atoms with Crippen LogP contribution in [0, 0.1) is 0 Å². The molecule has 24 heavy (non-hydrogen) atoms. The lowest BCUT2D eigenvalue weighted by Crippen LogP contribution is -2.40. The molecule has 3 rings (SSSR count). The SMILES string of the molecule is CC[C@@H]1SC2=NC(C)=C(C(=O)OC)[C@@H](c3ccc(Cl)cc3)N2C1=O. The van der Waals surface area contributed by atoms with Crippen molar-refractivity contribution in [2.45, 2.75) is 31.6 Å². The number of carbonyl (C=O) groups is 2. The van der Waals surface area contributed by atoms with E-state index in [4.69, 9.17) is 16.3 Å². The Hall–Kier alpha value is -1.79. The molecule has 126 valence electrons. The average molecular weight is 365 g/mol. The molecule has 2 heterocycles. The van der Waals surface area contributed by atoms with E-state index in [1.165, 1.54) is 18.9 Å². The Morgan fingerprint density at radius 1 is 1.38 bits per heavy atom. The second-order valence-corrected chi connectivity index (χ2v) is 7.17. The molecule has 5 nitrogen and oxygen atoms in total. The number of thioether (sulfide) groups is 1. The number of aliphatic imine (C=N–C) groups is 1. The lowest BCUT2D eigenvalue weighted by Gasteiger charge is -2.32. The van der Waals surface area contributed by atoms with Gasteiger partial charge in [0.05, 0.1) is 29.7 Å². The van der Waals surface area contributed by atoms with Crippen molar-refractivity contribution in [1.82, 2.24) is 4.90 Å². The van der Waals surface area contributed by atoms with Gasteiger partial charge in [0, 0.05) is 5.02 Å². The van der Waals surface area contributed by atoms with Crippen LogP contribution in [0.25, 0.3) is 0 Å². The van der Waals surface area contributed by atoms with Crippen LogP contribution in [0.4, 0.5) is 0 Å². The monoisotopic (exact) mass is 364 g/mol. The Balaban J connectivity index is 2.15. The Kier molecular flexibility index (Phi) is 4.69. The summed E-state index contributed by atoms with van der Waals surface area (Å²) >= 11 is 7.42. The van der Waals surface area contributed by atoms with Gasteiger partial charge in [0.1, 0.15) is 0 Å². The van der Waals surface area contributed by atoms with Crippen molar-refractivity contribution in [3.63, 3.8) is 0 Å². The maximum Gasteiger partial charge on any atom is 0.338 e. The van der Waals surface area contributed by atoms with E-state index in [-0.39, 0.29) is 11.2 Å². The van der Waals surface area contributed by atoms with Crippen LogP contribution in [0.3, 0.4) is 0 Å². The van der Waals surface area contributed by atoms with Crippen LogP contribution in [0.15, 0.2) is 40.5 Å². The molecule has 0 bridgehead atoms. The van der Waals surface area contributed by atoms with Gasteiger partial charge in [-0.05, 0) is 31.0 Å². The van der Waals surface area contributed by atoms with Gasteiger partial charge in [0.15, 0.2) is 5.17 Å². The largest absolute Gasteiger partial charge is 0.466 e. The molecule has 7 heteroatoms. The van der Waals surface area contributed by atoms with Gasteiger partial charge in [-0.3, -0.25) is 9.69 Å². The van der Waals surface area contributed by atoms with E-state index < -0.39 is 12.0 Å². The quantitative estimate of drug-likeness (QED) is 0.769. The van der Waals surface area contributed by atoms with Crippen LogP contribution in [0.5, 0.6) is 0 Å². The number of esters is 1. The summed E-state index contributed by atoms with van der Waals surface area (Å²) in [5, 5.41) is 1.05. The molecule has 1 saturated heterocycles. The first kappa shape index (κ1) is 17.0. The van der Waals surface area contributed by atoms with E-state index in [0.29, 0.717) is 27.9 Å². The minimum absolute atomic E-state index is 0.0323. The van der Waals surface area contributed by atoms with Gasteiger partial charge >= 0.3 is 5.97 Å². The van der Waals surface area contributed by atoms with Crippen molar-refractivity contribution in [2.75, 3.05) is 7.11 Å². The van der Waals surface area contributed by atoms with Gasteiger partial charge in [0.25, 0.3) is 0 Å². The predicted molar refractivity (Wildman–Crippen MR) is 94.9 cm³/mol. The summed E-state index contributed by atoms with van der Waals surface area (Å²) in [6.07, 6.45) is 0.707. The van der Waals surface area contributed by atoms with Crippen molar-refractivity contribution in [3.05, 3.63) is 46.1 Å². The van der Waals surface area contributed by atoms with Crippen LogP contribution in [0.2, 0.25) is 5.02 Å². The molecular weight excluding hydrogens is 348 g/mol. The number of amidine groups is 1. The third-order valence-corrected chi connectivity index (χ3v) is 5.68. The molecule has 2 atom stereocenters. The first-order valence-electron chi connectivity index (χ1n) is 7.60. The summed E-state index contributed by atoms with van der Waals surface area (Å²) in [7, 11) is 1.33. The van der Waals surface area contributed by atoms with Gasteiger partial charge in [-0.2, -0.15) is 0 Å². The molecule has 1 amide bonds. The van der Waals surface area contributed by atoms with Crippen LogP contribution in [-0.2, 0) is 14.3 Å². The number of amides is 1. The predicted octanol–water partition coefficient (Wildman–Crippen LogP) is 3.55. The van der Waals surface area contributed by atoms with Crippen molar-refractivity contribution < 1.29 is 14.3 Å². The lowest BCUT2D eigenvalue weighted by molar-refractivity contribution is -0.137. The van der Waals surface area contributed by atoms with Crippen LogP contribution in [-0.4, -0.2) is 34.3 Å². The van der Waals surface area contributed by atoms with E-state index in [9.17, 15) is 9.59 Å². The van der Waals surface area contributed by atoms with Crippen LogP contribution >= 0.6 is 23.4 Å². The smallest absolute Gasteiger partial charge is 0.338 e. The highest BCUT2D eigenvalue weighted by Crippen LogP contribution is 2.44. The Labute approximate surface area is 149 Å². The zero-order valence-corrected chi connectivity index (χ0v) is 15.1. The number of ether oxygens (including phenoxy) is 1. The minimum atomic E-state index is -0.543. The summed E-state index contributed by atoms with van der Waals surface area (Å²) in [6.45, 7) is 3.73. The third kappa shape index (κ3) is 2.74. The molecule has 1 aromatic rings. The summed E-state index contributed by atoms with van der Waals surface area (Å²) < 4.78 is 4.94. The fourth-order valence-electron chi connectivity index (χ4n) is 2.92. The summed E-state index contributed by atoms with van der Waals surface area (Å²) in [4.78, 5) is 31.2. The van der Waals surface area contributed by atoms with E-state index in [2.05, 4.69) is 4.99 Å². The highest BCUT2D eigenvalue weighted by molar-refractivity contribution is 8.15. The van der Waals surface area contributed by atoms with Gasteiger partial charge in [-0.15, -0.1) is 0 Å².